The van der Waals surface area contributed by atoms with E-state index in [1.54, 1.807) is 106 Å². The molecule has 95 heavy (non-hydrogen) atoms. The monoisotopic (exact) mass is 1350 g/mol. The van der Waals surface area contributed by atoms with Crippen LogP contribution in [-0.4, -0.2) is 221 Å². The highest BCUT2D eigenvalue weighted by Gasteiger charge is 2.45. The Morgan fingerprint density at radius 1 is 0.674 bits per heavy atom. The van der Waals surface area contributed by atoms with Crippen LogP contribution in [0.5, 0.6) is 0 Å². The number of benzene rings is 2. The molecule has 0 bridgehead atoms. The Kier molecular flexibility index (Phi) is 31.3. The minimum atomic E-state index is -3.92. The number of hydrogen-bond donors (Lipinski definition) is 6. The lowest BCUT2D eigenvalue weighted by atomic mass is 9.89. The van der Waals surface area contributed by atoms with Crippen LogP contribution in [0, 0.1) is 29.6 Å². The first kappa shape index (κ1) is 78.4. The summed E-state index contributed by atoms with van der Waals surface area (Å²) in [5.74, 6) is -6.98. The number of aliphatic carboxylic acids is 1. The van der Waals surface area contributed by atoms with Crippen LogP contribution in [0.15, 0.2) is 54.6 Å². The van der Waals surface area contributed by atoms with Crippen LogP contribution in [-0.2, 0) is 89.9 Å². The van der Waals surface area contributed by atoms with Crippen LogP contribution in [0.1, 0.15) is 131 Å². The molecule has 9 amide bonds. The van der Waals surface area contributed by atoms with E-state index in [0.717, 1.165) is 0 Å². The molecule has 3 aliphatic rings. The van der Waals surface area contributed by atoms with Crippen molar-refractivity contribution in [2.24, 2.45) is 29.6 Å². The minimum Gasteiger partial charge on any atom is -0.481 e. The summed E-state index contributed by atoms with van der Waals surface area (Å²) in [6, 6.07) is 9.90. The fourth-order valence-corrected chi connectivity index (χ4v) is 13.4. The summed E-state index contributed by atoms with van der Waals surface area (Å²) in [7, 11) is 2.05. The van der Waals surface area contributed by atoms with Gasteiger partial charge in [0.15, 0.2) is 0 Å². The second kappa shape index (κ2) is 37.9. The van der Waals surface area contributed by atoms with Crippen LogP contribution in [0.4, 0.5) is 10.5 Å². The largest absolute Gasteiger partial charge is 0.481 e. The molecule has 2 saturated heterocycles. The van der Waals surface area contributed by atoms with E-state index < -0.39 is 135 Å². The fourth-order valence-electron chi connectivity index (χ4n) is 12.1. The Bertz CT molecular complexity index is 3000. The predicted molar refractivity (Wildman–Crippen MR) is 352 cm³/mol. The first-order valence-corrected chi connectivity index (χ1v) is 34.6. The number of rotatable bonds is 38. The summed E-state index contributed by atoms with van der Waals surface area (Å²) >= 11 is 0. The first-order chi connectivity index (χ1) is 45.0. The second-order valence-corrected chi connectivity index (χ2v) is 27.8. The zero-order valence-electron chi connectivity index (χ0n) is 57.3. The molecule has 1 aliphatic carbocycles. The zero-order chi connectivity index (χ0) is 70.3. The molecule has 1 saturated carbocycles. The minimum absolute atomic E-state index is 0.0112. The van der Waals surface area contributed by atoms with Crippen molar-refractivity contribution in [3.63, 3.8) is 0 Å². The van der Waals surface area contributed by atoms with E-state index in [9.17, 15) is 56.4 Å². The summed E-state index contributed by atoms with van der Waals surface area (Å²) < 4.78 is 56.5. The molecular formula is C67H103N9O18S. The number of methoxy groups -OCH3 is 2. The van der Waals surface area contributed by atoms with Gasteiger partial charge in [0, 0.05) is 66.5 Å². The van der Waals surface area contributed by atoms with Gasteiger partial charge < -0.3 is 64.8 Å². The van der Waals surface area contributed by atoms with Gasteiger partial charge in [-0.2, -0.15) is 0 Å². The Hall–Kier alpha value is -7.27. The van der Waals surface area contributed by atoms with E-state index >= 15 is 0 Å². The maximum atomic E-state index is 14.8. The number of nitrogens with one attached hydrogen (secondary N) is 5. The molecular weight excluding hydrogens is 1250 g/mol. The smallest absolute Gasteiger partial charge is 0.410 e. The number of ether oxygens (including phenoxy) is 5. The summed E-state index contributed by atoms with van der Waals surface area (Å²) in [6.45, 7) is 15.8. The van der Waals surface area contributed by atoms with Crippen molar-refractivity contribution in [3.05, 3.63) is 65.7 Å². The maximum absolute atomic E-state index is 14.8. The van der Waals surface area contributed by atoms with Crippen molar-refractivity contribution in [1.82, 2.24) is 40.3 Å². The molecule has 28 heteroatoms. The third-order valence-corrected chi connectivity index (χ3v) is 19.9. The number of likely N-dealkylation sites (N-methyl/N-ethyl adjacent to an activating group) is 2. The molecule has 0 spiro atoms. The Morgan fingerprint density at radius 3 is 1.87 bits per heavy atom. The molecule has 2 aromatic rings. The number of hydrogen-bond acceptors (Lipinski definition) is 17. The number of anilines is 1. The molecule has 0 aromatic heterocycles. The molecule has 2 aromatic carbocycles. The fraction of sp³-hybridized carbons (Fsp3) is 0.672. The predicted octanol–water partition coefficient (Wildman–Crippen LogP) is 4.26. The number of carboxylic acid groups (broad SMARTS) is 1. The van der Waals surface area contributed by atoms with Gasteiger partial charge in [-0.15, -0.1) is 0 Å². The van der Waals surface area contributed by atoms with Crippen LogP contribution in [0.25, 0.3) is 0 Å². The number of amides is 9. The summed E-state index contributed by atoms with van der Waals surface area (Å²) in [4.78, 5) is 140. The van der Waals surface area contributed by atoms with E-state index in [4.69, 9.17) is 28.8 Å². The quantitative estimate of drug-likeness (QED) is 0.0512. The van der Waals surface area contributed by atoms with Gasteiger partial charge >= 0.3 is 12.1 Å². The average Bonchev–Trinajstić information content (AvgIpc) is 1.81. The Morgan fingerprint density at radius 2 is 1.31 bits per heavy atom. The number of nitrogens with zero attached hydrogens (tertiary/aromatic N) is 4. The number of carbonyl (C=O) groups excluding carboxylic acids is 9. The van der Waals surface area contributed by atoms with Crippen molar-refractivity contribution in [2.45, 2.75) is 186 Å². The van der Waals surface area contributed by atoms with Gasteiger partial charge in [0.2, 0.25) is 51.4 Å². The third-order valence-electron chi connectivity index (χ3n) is 18.1. The van der Waals surface area contributed by atoms with Crippen LogP contribution in [0.2, 0.25) is 0 Å². The van der Waals surface area contributed by atoms with Gasteiger partial charge in [0.05, 0.1) is 80.6 Å². The lowest BCUT2D eigenvalue weighted by Gasteiger charge is -2.41. The number of carboxylic acids is 1. The van der Waals surface area contributed by atoms with Gasteiger partial charge in [0.25, 0.3) is 5.91 Å². The summed E-state index contributed by atoms with van der Waals surface area (Å²) in [5, 5.41) is 19.6. The highest BCUT2D eigenvalue weighted by atomic mass is 32.2. The van der Waals surface area contributed by atoms with Gasteiger partial charge in [0.1, 0.15) is 30.8 Å². The third kappa shape index (κ3) is 23.5. The van der Waals surface area contributed by atoms with Gasteiger partial charge in [-0.1, -0.05) is 97.4 Å². The SMILES string of the molecule is CCC(C)C(C(CC(=O)N1CCCC1C(OC)C(C)C(=O)NC(Cc1ccccc1)C(=O)NS(=O)(=O)C1CC1)OC)N(C)C(=O)C(NC(=O)C(C(C)C)N(C)C(=O)OCc1ccc(NC(=O)C(C)NC(=O)CCOCCOCCC(=O)N2CCC(C(=O)O)CC2)cc1)C(C)C. The highest BCUT2D eigenvalue weighted by molar-refractivity contribution is 7.90. The number of piperidine rings is 1. The number of likely N-dealkylation sites (tertiary alicyclic amines) is 2. The van der Waals surface area contributed by atoms with Crippen molar-refractivity contribution in [3.8, 4) is 0 Å². The van der Waals surface area contributed by atoms with E-state index in [1.807, 2.05) is 13.8 Å². The molecule has 2 aliphatic heterocycles. The topological polar surface area (TPSA) is 344 Å². The van der Waals surface area contributed by atoms with Crippen LogP contribution < -0.4 is 26.0 Å². The van der Waals surface area contributed by atoms with Crippen molar-refractivity contribution >= 4 is 75.0 Å². The van der Waals surface area contributed by atoms with E-state index in [-0.39, 0.29) is 76.4 Å². The Labute approximate surface area is 559 Å². The molecule has 0 radical (unpaired) electrons. The number of sulfonamides is 1. The van der Waals surface area contributed by atoms with Gasteiger partial charge in [-0.25, -0.2) is 13.2 Å². The molecule has 530 valence electrons. The number of carbonyl (C=O) groups is 10. The van der Waals surface area contributed by atoms with Crippen LogP contribution in [0.3, 0.4) is 0 Å². The molecule has 2 heterocycles. The summed E-state index contributed by atoms with van der Waals surface area (Å²) in [5.41, 5.74) is 1.69. The molecule has 27 nitrogen and oxygen atoms in total. The highest BCUT2D eigenvalue weighted by Crippen LogP contribution is 2.31. The van der Waals surface area contributed by atoms with Crippen LogP contribution >= 0.6 is 0 Å². The van der Waals surface area contributed by atoms with E-state index in [0.29, 0.717) is 81.4 Å². The van der Waals surface area contributed by atoms with Crippen molar-refractivity contribution in [2.75, 3.05) is 79.7 Å². The molecule has 3 fully saturated rings. The zero-order valence-corrected chi connectivity index (χ0v) is 58.1. The second-order valence-electron chi connectivity index (χ2n) is 25.8. The molecule has 5 rings (SSSR count). The first-order valence-electron chi connectivity index (χ1n) is 33.1. The standard InChI is InChI=1S/C67H103N9O18S/c1-13-43(6)59(53(90-11)39-56(79)76-31-17-20-52(76)60(91-12)44(7)61(80)70-51(38-46-18-15-14-16-19-46)63(82)72-95(88,89)50-25-26-50)73(9)65(84)57(41(2)3)71-64(83)58(42(4)5)74(10)67(87)94-40-47-21-23-49(24-22-47)69-62(81)45(8)68-54(77)29-34-92-36-37-93-35-30-55(78)75-32-27-48(28-33-75)66(85)86/h14-16,18-19,21-24,41-45,48,50-53,57-60H,13,17,20,25-40H2,1-12H3,(H,68,77)(H,69,81)(H,70,80)(H,71,83)(H,72,82)(H,85,86). The van der Waals surface area contributed by atoms with Crippen molar-refractivity contribution in [1.29, 1.82) is 0 Å². The lowest BCUT2D eigenvalue weighted by molar-refractivity contribution is -0.148. The molecule has 10 unspecified atom stereocenters. The summed E-state index contributed by atoms with van der Waals surface area (Å²) in [6.07, 6.45) is 1.01. The lowest BCUT2D eigenvalue weighted by Crippen LogP contribution is -2.60. The molecule has 6 N–H and O–H groups in total. The van der Waals surface area contributed by atoms with E-state index in [1.165, 1.54) is 38.0 Å². The maximum Gasteiger partial charge on any atom is 0.410 e. The molecule has 10 atom stereocenters. The average molecular weight is 1350 g/mol. The normalized spacial score (nSPS) is 18.0. The Balaban J connectivity index is 1.10. The van der Waals surface area contributed by atoms with E-state index in [2.05, 4.69) is 26.0 Å². The van der Waals surface area contributed by atoms with Gasteiger partial charge in [-0.05, 0) is 86.5 Å². The van der Waals surface area contributed by atoms with Gasteiger partial charge in [-0.3, -0.25) is 52.8 Å². The van der Waals surface area contributed by atoms with Crippen molar-refractivity contribution < 1.29 is 85.2 Å².